The summed E-state index contributed by atoms with van der Waals surface area (Å²) in [5, 5.41) is 1.12. The Morgan fingerprint density at radius 1 is 1.04 bits per heavy atom. The van der Waals surface area contributed by atoms with Gasteiger partial charge in [-0.25, -0.2) is 0 Å². The van der Waals surface area contributed by atoms with Crippen LogP contribution < -0.4 is 0 Å². The predicted molar refractivity (Wildman–Crippen MR) is 99.9 cm³/mol. The predicted octanol–water partition coefficient (Wildman–Crippen LogP) is 3.81. The highest BCUT2D eigenvalue weighted by atomic mass is 35.5. The molecule has 136 valence electrons. The van der Waals surface area contributed by atoms with Crippen molar-refractivity contribution in [1.29, 1.82) is 0 Å². The van der Waals surface area contributed by atoms with Crippen molar-refractivity contribution in [2.45, 2.75) is 32.6 Å². The summed E-state index contributed by atoms with van der Waals surface area (Å²) in [6.07, 6.45) is 1.53. The Morgan fingerprint density at radius 2 is 1.72 bits per heavy atom. The molecule has 0 unspecified atom stereocenters. The first kappa shape index (κ1) is 18.5. The van der Waals surface area contributed by atoms with E-state index in [0.717, 1.165) is 31.5 Å². The largest absolute Gasteiger partial charge is 0.343 e. The second-order valence-electron chi connectivity index (χ2n) is 7.28. The van der Waals surface area contributed by atoms with E-state index in [9.17, 15) is 9.59 Å². The van der Waals surface area contributed by atoms with Crippen LogP contribution in [0.5, 0.6) is 0 Å². The smallest absolute Gasteiger partial charge is 0.225 e. The molecule has 1 aromatic carbocycles. The molecular formula is C19H24Cl2N2O2. The molecule has 0 saturated carbocycles. The van der Waals surface area contributed by atoms with Gasteiger partial charge >= 0.3 is 0 Å². The van der Waals surface area contributed by atoms with Crippen LogP contribution in [0.25, 0.3) is 0 Å². The first-order chi connectivity index (χ1) is 11.9. The number of benzene rings is 1. The normalized spacial score (nSPS) is 24.6. The summed E-state index contributed by atoms with van der Waals surface area (Å²) in [4.78, 5) is 28.2. The number of hydrogen-bond donors (Lipinski definition) is 0. The van der Waals surface area contributed by atoms with Gasteiger partial charge in [0.25, 0.3) is 0 Å². The van der Waals surface area contributed by atoms with E-state index in [2.05, 4.69) is 6.92 Å². The number of carbonyl (C=O) groups is 2. The second kappa shape index (κ2) is 7.55. The van der Waals surface area contributed by atoms with Gasteiger partial charge in [0.2, 0.25) is 11.8 Å². The van der Waals surface area contributed by atoms with E-state index in [0.29, 0.717) is 29.1 Å². The van der Waals surface area contributed by atoms with Crippen LogP contribution in [0.3, 0.4) is 0 Å². The van der Waals surface area contributed by atoms with Crippen molar-refractivity contribution < 1.29 is 9.59 Å². The molecular weight excluding hydrogens is 359 g/mol. The maximum atomic E-state index is 12.9. The molecule has 0 bridgehead atoms. The van der Waals surface area contributed by atoms with Gasteiger partial charge in [0, 0.05) is 44.9 Å². The zero-order chi connectivity index (χ0) is 18.1. The fourth-order valence-electron chi connectivity index (χ4n) is 4.02. The minimum Gasteiger partial charge on any atom is -0.343 e. The van der Waals surface area contributed by atoms with Gasteiger partial charge in [-0.05, 0) is 36.5 Å². The molecule has 6 heteroatoms. The topological polar surface area (TPSA) is 40.6 Å². The number of nitrogens with zero attached hydrogens (tertiary/aromatic N) is 2. The average molecular weight is 383 g/mol. The van der Waals surface area contributed by atoms with E-state index in [4.69, 9.17) is 23.2 Å². The third-order valence-electron chi connectivity index (χ3n) is 5.59. The zero-order valence-electron chi connectivity index (χ0n) is 14.7. The highest BCUT2D eigenvalue weighted by molar-refractivity contribution is 6.42. The summed E-state index contributed by atoms with van der Waals surface area (Å²) < 4.78 is 0. The fraction of sp³-hybridized carbons (Fsp3) is 0.579. The second-order valence-corrected chi connectivity index (χ2v) is 8.10. The highest BCUT2D eigenvalue weighted by Gasteiger charge is 2.37. The third kappa shape index (κ3) is 3.95. The molecule has 2 fully saturated rings. The van der Waals surface area contributed by atoms with Crippen molar-refractivity contribution >= 4 is 35.0 Å². The maximum Gasteiger partial charge on any atom is 0.225 e. The van der Waals surface area contributed by atoms with E-state index in [1.165, 1.54) is 0 Å². The van der Waals surface area contributed by atoms with E-state index in [1.807, 2.05) is 28.0 Å². The standard InChI is InChI=1S/C19H24Cl2N2O2/c1-12-10-23(11-16(12)15-3-4-17(20)18(21)9-15)19(25)14-5-7-22(8-6-14)13(2)24/h3-4,9,12,14,16H,5-8,10-11H2,1-2H3/t12-,16-/m1/s1. The van der Waals surface area contributed by atoms with Crippen LogP contribution in [-0.4, -0.2) is 47.8 Å². The van der Waals surface area contributed by atoms with Gasteiger partial charge in [-0.2, -0.15) is 0 Å². The maximum absolute atomic E-state index is 12.9. The average Bonchev–Trinajstić information content (AvgIpc) is 2.98. The number of rotatable bonds is 2. The van der Waals surface area contributed by atoms with Crippen LogP contribution in [0.15, 0.2) is 18.2 Å². The van der Waals surface area contributed by atoms with E-state index < -0.39 is 0 Å². The highest BCUT2D eigenvalue weighted by Crippen LogP contribution is 2.36. The Bertz CT molecular complexity index is 671. The molecule has 25 heavy (non-hydrogen) atoms. The number of carbonyl (C=O) groups excluding carboxylic acids is 2. The molecule has 1 aromatic rings. The van der Waals surface area contributed by atoms with Gasteiger partial charge in [-0.1, -0.05) is 36.2 Å². The number of hydrogen-bond acceptors (Lipinski definition) is 2. The van der Waals surface area contributed by atoms with Crippen LogP contribution in [-0.2, 0) is 9.59 Å². The van der Waals surface area contributed by atoms with Gasteiger partial charge in [0.1, 0.15) is 0 Å². The van der Waals surface area contributed by atoms with Crippen molar-refractivity contribution in [2.75, 3.05) is 26.2 Å². The lowest BCUT2D eigenvalue weighted by Gasteiger charge is -2.32. The van der Waals surface area contributed by atoms with E-state index in [1.54, 1.807) is 6.92 Å². The van der Waals surface area contributed by atoms with Crippen LogP contribution in [0.1, 0.15) is 38.2 Å². The van der Waals surface area contributed by atoms with Gasteiger partial charge in [0.05, 0.1) is 10.0 Å². The molecule has 0 aliphatic carbocycles. The monoisotopic (exact) mass is 382 g/mol. The minimum absolute atomic E-state index is 0.0374. The zero-order valence-corrected chi connectivity index (χ0v) is 16.2. The summed E-state index contributed by atoms with van der Waals surface area (Å²) in [5.41, 5.74) is 1.14. The lowest BCUT2D eigenvalue weighted by atomic mass is 9.90. The third-order valence-corrected chi connectivity index (χ3v) is 6.32. The number of halogens is 2. The summed E-state index contributed by atoms with van der Waals surface area (Å²) in [7, 11) is 0. The Balaban J connectivity index is 1.64. The van der Waals surface area contributed by atoms with Crippen LogP contribution >= 0.6 is 23.2 Å². The van der Waals surface area contributed by atoms with Crippen molar-refractivity contribution in [1.82, 2.24) is 9.80 Å². The summed E-state index contributed by atoms with van der Waals surface area (Å²) >= 11 is 12.2. The summed E-state index contributed by atoms with van der Waals surface area (Å²) in [6.45, 7) is 6.64. The molecule has 2 aliphatic rings. The van der Waals surface area contributed by atoms with Crippen LogP contribution in [0.4, 0.5) is 0 Å². The number of piperidine rings is 1. The molecule has 0 radical (unpaired) electrons. The molecule has 0 N–H and O–H groups in total. The molecule has 0 spiro atoms. The van der Waals surface area contributed by atoms with E-state index in [-0.39, 0.29) is 23.7 Å². The molecule has 0 aromatic heterocycles. The Labute approximate surface area is 159 Å². The van der Waals surface area contributed by atoms with Gasteiger partial charge < -0.3 is 9.80 Å². The molecule has 2 heterocycles. The fourth-order valence-corrected chi connectivity index (χ4v) is 4.33. The lowest BCUT2D eigenvalue weighted by Crippen LogP contribution is -2.43. The Morgan fingerprint density at radius 3 is 2.32 bits per heavy atom. The minimum atomic E-state index is 0.0374. The number of likely N-dealkylation sites (tertiary alicyclic amines) is 2. The molecule has 2 atom stereocenters. The molecule has 2 saturated heterocycles. The summed E-state index contributed by atoms with van der Waals surface area (Å²) in [5.74, 6) is 1.04. The lowest BCUT2D eigenvalue weighted by molar-refractivity contribution is -0.139. The summed E-state index contributed by atoms with van der Waals surface area (Å²) in [6, 6.07) is 5.76. The van der Waals surface area contributed by atoms with Gasteiger partial charge in [-0.15, -0.1) is 0 Å². The SMILES string of the molecule is CC(=O)N1CCC(C(=O)N2C[C@@H](C)[C@H](c3ccc(Cl)c(Cl)c3)C2)CC1. The molecule has 2 amide bonds. The first-order valence-corrected chi connectivity index (χ1v) is 9.61. The Hall–Kier alpha value is -1.26. The van der Waals surface area contributed by atoms with Crippen molar-refractivity contribution in [3.8, 4) is 0 Å². The van der Waals surface area contributed by atoms with Gasteiger partial charge in [-0.3, -0.25) is 9.59 Å². The molecule has 3 rings (SSSR count). The van der Waals surface area contributed by atoms with Gasteiger partial charge in [0.15, 0.2) is 0 Å². The van der Waals surface area contributed by atoms with Crippen molar-refractivity contribution in [3.05, 3.63) is 33.8 Å². The van der Waals surface area contributed by atoms with Crippen molar-refractivity contribution in [3.63, 3.8) is 0 Å². The van der Waals surface area contributed by atoms with Crippen LogP contribution in [0.2, 0.25) is 10.0 Å². The first-order valence-electron chi connectivity index (χ1n) is 8.86. The molecule has 2 aliphatic heterocycles. The quantitative estimate of drug-likeness (QED) is 0.779. The van der Waals surface area contributed by atoms with E-state index >= 15 is 0 Å². The van der Waals surface area contributed by atoms with Crippen LogP contribution in [0, 0.1) is 11.8 Å². The number of amides is 2. The molecule has 4 nitrogen and oxygen atoms in total. The Kier molecular flexibility index (Phi) is 5.59. The van der Waals surface area contributed by atoms with Crippen molar-refractivity contribution in [2.24, 2.45) is 11.8 Å².